The van der Waals surface area contributed by atoms with Gasteiger partial charge in [-0.25, -0.2) is 0 Å². The van der Waals surface area contributed by atoms with Crippen molar-refractivity contribution in [3.63, 3.8) is 0 Å². The molecule has 2 aromatic heterocycles. The minimum Gasteiger partial charge on any atom is -0.352 e. The summed E-state index contributed by atoms with van der Waals surface area (Å²) in [7, 11) is 0. The van der Waals surface area contributed by atoms with Crippen LogP contribution in [0.5, 0.6) is 0 Å². The predicted octanol–water partition coefficient (Wildman–Crippen LogP) is 2.38. The monoisotopic (exact) mass is 339 g/mol. The molecule has 0 aliphatic heterocycles. The average Bonchev–Trinajstić information content (AvgIpc) is 3.25. The largest absolute Gasteiger partial charge is 0.352 e. The van der Waals surface area contributed by atoms with E-state index in [1.807, 2.05) is 50.4 Å². The van der Waals surface area contributed by atoms with Crippen molar-refractivity contribution in [1.29, 1.82) is 0 Å². The van der Waals surface area contributed by atoms with Crippen LogP contribution in [0.25, 0.3) is 11.4 Å². The fraction of sp³-hybridized carbons (Fsp3) is 0.333. The maximum Gasteiger partial charge on any atom is 0.227 e. The summed E-state index contributed by atoms with van der Waals surface area (Å²) < 4.78 is 7.02. The van der Waals surface area contributed by atoms with Crippen LogP contribution in [0.2, 0.25) is 0 Å². The van der Waals surface area contributed by atoms with Crippen LogP contribution in [0.4, 0.5) is 0 Å². The summed E-state index contributed by atoms with van der Waals surface area (Å²) in [5, 5.41) is 11.0. The van der Waals surface area contributed by atoms with E-state index in [2.05, 4.69) is 20.6 Å². The van der Waals surface area contributed by atoms with Crippen molar-refractivity contribution in [3.05, 3.63) is 54.2 Å². The molecule has 0 spiro atoms. The van der Waals surface area contributed by atoms with Crippen LogP contribution in [0.1, 0.15) is 24.8 Å². The van der Waals surface area contributed by atoms with E-state index in [1.165, 1.54) is 5.56 Å². The lowest BCUT2D eigenvalue weighted by Gasteiger charge is -2.13. The van der Waals surface area contributed by atoms with E-state index in [-0.39, 0.29) is 11.9 Å². The molecule has 0 saturated carbocycles. The number of carbonyl (C=O) groups is 1. The smallest absolute Gasteiger partial charge is 0.227 e. The number of rotatable bonds is 7. The second-order valence-electron chi connectivity index (χ2n) is 6.07. The fourth-order valence-electron chi connectivity index (χ4n) is 2.48. The van der Waals surface area contributed by atoms with E-state index >= 15 is 0 Å². The van der Waals surface area contributed by atoms with Gasteiger partial charge >= 0.3 is 0 Å². The maximum atomic E-state index is 12.0. The van der Waals surface area contributed by atoms with E-state index in [0.717, 1.165) is 5.56 Å². The van der Waals surface area contributed by atoms with Crippen molar-refractivity contribution in [3.8, 4) is 11.4 Å². The van der Waals surface area contributed by atoms with Gasteiger partial charge in [-0.15, -0.1) is 0 Å². The van der Waals surface area contributed by atoms with E-state index in [9.17, 15) is 4.79 Å². The van der Waals surface area contributed by atoms with Gasteiger partial charge in [-0.3, -0.25) is 9.48 Å². The van der Waals surface area contributed by atoms with Crippen LogP contribution >= 0.6 is 0 Å². The molecule has 2 heterocycles. The summed E-state index contributed by atoms with van der Waals surface area (Å²) in [6.07, 6.45) is 4.31. The van der Waals surface area contributed by atoms with E-state index in [1.54, 1.807) is 10.9 Å². The van der Waals surface area contributed by atoms with Gasteiger partial charge < -0.3 is 9.84 Å². The van der Waals surface area contributed by atoms with Crippen LogP contribution < -0.4 is 5.32 Å². The first-order chi connectivity index (χ1) is 12.1. The van der Waals surface area contributed by atoms with Crippen molar-refractivity contribution < 1.29 is 9.32 Å². The number of aromatic nitrogens is 4. The number of aryl methyl sites for hydroxylation is 2. The van der Waals surface area contributed by atoms with Gasteiger partial charge in [-0.05, 0) is 19.9 Å². The van der Waals surface area contributed by atoms with Gasteiger partial charge in [0.1, 0.15) is 0 Å². The van der Waals surface area contributed by atoms with Crippen molar-refractivity contribution in [2.24, 2.45) is 0 Å². The molecular weight excluding hydrogens is 318 g/mol. The molecule has 0 bridgehead atoms. The molecule has 0 saturated heterocycles. The van der Waals surface area contributed by atoms with E-state index in [4.69, 9.17) is 4.52 Å². The molecule has 0 aliphatic carbocycles. The standard InChI is InChI=1S/C18H21N5O2/c1-13-4-6-15(7-5-13)18-21-17(25-22-18)9-8-16(24)20-14(2)12-23-11-3-10-19-23/h3-7,10-11,14H,8-9,12H2,1-2H3,(H,20,24)/t14-/m1/s1. The molecule has 7 nitrogen and oxygen atoms in total. The van der Waals surface area contributed by atoms with Crippen molar-refractivity contribution in [2.75, 3.05) is 0 Å². The molecule has 1 atom stereocenters. The minimum absolute atomic E-state index is 0.00166. The van der Waals surface area contributed by atoms with E-state index < -0.39 is 0 Å². The van der Waals surface area contributed by atoms with Crippen LogP contribution in [-0.4, -0.2) is 31.9 Å². The average molecular weight is 339 g/mol. The van der Waals surface area contributed by atoms with Crippen molar-refractivity contribution in [1.82, 2.24) is 25.2 Å². The summed E-state index contributed by atoms with van der Waals surface area (Å²) in [6, 6.07) is 9.76. The Labute approximate surface area is 146 Å². The van der Waals surface area contributed by atoms with Gasteiger partial charge in [0.2, 0.25) is 17.6 Å². The Morgan fingerprint density at radius 1 is 1.32 bits per heavy atom. The summed E-state index contributed by atoms with van der Waals surface area (Å²) in [5.41, 5.74) is 2.08. The number of carbonyl (C=O) groups excluding carboxylic acids is 1. The summed E-state index contributed by atoms with van der Waals surface area (Å²) in [4.78, 5) is 16.4. The molecular formula is C18H21N5O2. The molecule has 3 aromatic rings. The number of amides is 1. The fourth-order valence-corrected chi connectivity index (χ4v) is 2.48. The molecule has 0 fully saturated rings. The summed E-state index contributed by atoms with van der Waals surface area (Å²) in [6.45, 7) is 4.61. The molecule has 130 valence electrons. The molecule has 0 radical (unpaired) electrons. The lowest BCUT2D eigenvalue weighted by molar-refractivity contribution is -0.121. The first-order valence-corrected chi connectivity index (χ1v) is 8.26. The van der Waals surface area contributed by atoms with Crippen LogP contribution in [0, 0.1) is 6.92 Å². The van der Waals surface area contributed by atoms with Gasteiger partial charge in [0.25, 0.3) is 0 Å². The highest BCUT2D eigenvalue weighted by Gasteiger charge is 2.12. The Morgan fingerprint density at radius 3 is 2.84 bits per heavy atom. The van der Waals surface area contributed by atoms with Crippen LogP contribution in [0.3, 0.4) is 0 Å². The molecule has 1 aromatic carbocycles. The van der Waals surface area contributed by atoms with Crippen LogP contribution in [-0.2, 0) is 17.8 Å². The van der Waals surface area contributed by atoms with Gasteiger partial charge in [0, 0.05) is 36.8 Å². The van der Waals surface area contributed by atoms with Crippen molar-refractivity contribution >= 4 is 5.91 Å². The zero-order chi connectivity index (χ0) is 17.6. The Bertz CT molecular complexity index is 808. The minimum atomic E-state index is -0.0465. The normalized spacial score (nSPS) is 12.1. The molecule has 7 heteroatoms. The lowest BCUT2D eigenvalue weighted by atomic mass is 10.1. The number of hydrogen-bond donors (Lipinski definition) is 1. The summed E-state index contributed by atoms with van der Waals surface area (Å²) in [5.74, 6) is 0.961. The Hall–Kier alpha value is -2.96. The molecule has 1 amide bonds. The quantitative estimate of drug-likeness (QED) is 0.714. The number of nitrogens with one attached hydrogen (secondary N) is 1. The third-order valence-electron chi connectivity index (χ3n) is 3.77. The zero-order valence-corrected chi connectivity index (χ0v) is 14.3. The SMILES string of the molecule is Cc1ccc(-c2noc(CCC(=O)N[C@H](C)Cn3cccn3)n2)cc1. The Kier molecular flexibility index (Phi) is 5.23. The molecule has 3 rings (SSSR count). The lowest BCUT2D eigenvalue weighted by Crippen LogP contribution is -2.35. The highest BCUT2D eigenvalue weighted by Crippen LogP contribution is 2.16. The third-order valence-corrected chi connectivity index (χ3v) is 3.77. The molecule has 0 aliphatic rings. The first-order valence-electron chi connectivity index (χ1n) is 8.26. The molecule has 1 N–H and O–H groups in total. The Balaban J connectivity index is 1.48. The predicted molar refractivity (Wildman–Crippen MR) is 92.6 cm³/mol. The summed E-state index contributed by atoms with van der Waals surface area (Å²) >= 11 is 0. The third kappa shape index (κ3) is 4.76. The number of nitrogens with zero attached hydrogens (tertiary/aromatic N) is 4. The van der Waals surface area contributed by atoms with Gasteiger partial charge in [-0.2, -0.15) is 10.1 Å². The van der Waals surface area contributed by atoms with Gasteiger partial charge in [-0.1, -0.05) is 35.0 Å². The number of benzene rings is 1. The zero-order valence-electron chi connectivity index (χ0n) is 14.3. The topological polar surface area (TPSA) is 85.8 Å². The first kappa shape index (κ1) is 16.9. The maximum absolute atomic E-state index is 12.0. The number of hydrogen-bond acceptors (Lipinski definition) is 5. The molecule has 25 heavy (non-hydrogen) atoms. The second kappa shape index (κ2) is 7.74. The highest BCUT2D eigenvalue weighted by molar-refractivity contribution is 5.76. The van der Waals surface area contributed by atoms with Gasteiger partial charge in [0.05, 0.1) is 6.54 Å². The van der Waals surface area contributed by atoms with Crippen LogP contribution in [0.15, 0.2) is 47.2 Å². The van der Waals surface area contributed by atoms with Gasteiger partial charge in [0.15, 0.2) is 0 Å². The van der Waals surface area contributed by atoms with Crippen molar-refractivity contribution in [2.45, 2.75) is 39.3 Å². The Morgan fingerprint density at radius 2 is 2.12 bits per heavy atom. The molecule has 0 unspecified atom stereocenters. The second-order valence-corrected chi connectivity index (χ2v) is 6.07. The van der Waals surface area contributed by atoms with E-state index in [0.29, 0.717) is 31.1 Å². The highest BCUT2D eigenvalue weighted by atomic mass is 16.5.